The number of rotatable bonds is 4. The minimum atomic E-state index is -0.396. The molecule has 1 aliphatic heterocycles. The van der Waals surface area contributed by atoms with Crippen LogP contribution < -0.4 is 10.2 Å². The van der Waals surface area contributed by atoms with E-state index in [-0.39, 0.29) is 18.6 Å². The lowest BCUT2D eigenvalue weighted by molar-refractivity contribution is -0.125. The van der Waals surface area contributed by atoms with Gasteiger partial charge in [0.15, 0.2) is 0 Å². The molecule has 0 aromatic heterocycles. The van der Waals surface area contributed by atoms with E-state index in [2.05, 4.69) is 5.32 Å². The first-order chi connectivity index (χ1) is 10.0. The lowest BCUT2D eigenvalue weighted by Gasteiger charge is -2.37. The summed E-state index contributed by atoms with van der Waals surface area (Å²) in [5, 5.41) is 13.0. The van der Waals surface area contributed by atoms with Crippen LogP contribution in [0.5, 0.6) is 0 Å². The number of ether oxygens (including phenoxy) is 1. The van der Waals surface area contributed by atoms with E-state index < -0.39 is 6.04 Å². The van der Waals surface area contributed by atoms with Crippen molar-refractivity contribution in [1.82, 2.24) is 5.32 Å². The van der Waals surface area contributed by atoms with Gasteiger partial charge >= 0.3 is 0 Å². The van der Waals surface area contributed by atoms with Crippen molar-refractivity contribution in [1.29, 1.82) is 0 Å². The standard InChI is InChI=1S/C15H21ClN2O3/c1-10(2)17-15(20)14-9-21-6-5-18(14)13-4-3-12(16)7-11(13)8-19/h3-4,7,10,14,19H,5-6,8-9H2,1-2H3,(H,17,20). The van der Waals surface area contributed by atoms with Crippen LogP contribution in [0.1, 0.15) is 19.4 Å². The maximum Gasteiger partial charge on any atom is 0.245 e. The predicted molar refractivity (Wildman–Crippen MR) is 82.6 cm³/mol. The second-order valence-corrected chi connectivity index (χ2v) is 5.81. The van der Waals surface area contributed by atoms with Gasteiger partial charge in [-0.15, -0.1) is 0 Å². The predicted octanol–water partition coefficient (Wildman–Crippen LogP) is 1.56. The van der Waals surface area contributed by atoms with Gasteiger partial charge in [-0.1, -0.05) is 11.6 Å². The van der Waals surface area contributed by atoms with E-state index in [1.807, 2.05) is 24.8 Å². The first-order valence-electron chi connectivity index (χ1n) is 7.07. The lowest BCUT2D eigenvalue weighted by atomic mass is 10.1. The highest BCUT2D eigenvalue weighted by Crippen LogP contribution is 2.27. The van der Waals surface area contributed by atoms with Crippen molar-refractivity contribution in [3.05, 3.63) is 28.8 Å². The molecule has 1 saturated heterocycles. The van der Waals surface area contributed by atoms with Crippen LogP contribution in [0.15, 0.2) is 18.2 Å². The Bertz CT molecular complexity index is 508. The van der Waals surface area contributed by atoms with Gasteiger partial charge in [0, 0.05) is 28.9 Å². The zero-order valence-corrected chi connectivity index (χ0v) is 13.1. The summed E-state index contributed by atoms with van der Waals surface area (Å²) in [6.07, 6.45) is 0. The molecule has 1 aromatic carbocycles. The molecule has 1 amide bonds. The Labute approximate surface area is 129 Å². The monoisotopic (exact) mass is 312 g/mol. The van der Waals surface area contributed by atoms with E-state index in [4.69, 9.17) is 16.3 Å². The van der Waals surface area contributed by atoms with Crippen LogP contribution in [0.4, 0.5) is 5.69 Å². The van der Waals surface area contributed by atoms with Crippen molar-refractivity contribution >= 4 is 23.2 Å². The van der Waals surface area contributed by atoms with Gasteiger partial charge in [0.05, 0.1) is 19.8 Å². The number of halogens is 1. The average Bonchev–Trinajstić information content (AvgIpc) is 2.46. The molecule has 2 N–H and O–H groups in total. The first kappa shape index (κ1) is 16.1. The van der Waals surface area contributed by atoms with Crippen LogP contribution in [0.3, 0.4) is 0 Å². The van der Waals surface area contributed by atoms with E-state index in [1.54, 1.807) is 12.1 Å². The summed E-state index contributed by atoms with van der Waals surface area (Å²) in [6, 6.07) is 5.01. The summed E-state index contributed by atoms with van der Waals surface area (Å²) in [4.78, 5) is 14.3. The van der Waals surface area contributed by atoms with Crippen LogP contribution >= 0.6 is 11.6 Å². The van der Waals surface area contributed by atoms with Crippen molar-refractivity contribution in [3.63, 3.8) is 0 Å². The van der Waals surface area contributed by atoms with Gasteiger partial charge in [-0.25, -0.2) is 0 Å². The van der Waals surface area contributed by atoms with Gasteiger partial charge in [0.2, 0.25) is 5.91 Å². The maximum absolute atomic E-state index is 12.3. The minimum absolute atomic E-state index is 0.0662. The molecular weight excluding hydrogens is 292 g/mol. The number of nitrogens with one attached hydrogen (secondary N) is 1. The molecule has 1 fully saturated rings. The number of morpholine rings is 1. The van der Waals surface area contributed by atoms with Gasteiger partial charge < -0.3 is 20.1 Å². The third-order valence-electron chi connectivity index (χ3n) is 3.38. The zero-order chi connectivity index (χ0) is 15.4. The molecule has 1 aromatic rings. The number of hydrogen-bond acceptors (Lipinski definition) is 4. The quantitative estimate of drug-likeness (QED) is 0.886. The molecule has 6 heteroatoms. The SMILES string of the molecule is CC(C)NC(=O)C1COCCN1c1ccc(Cl)cc1CO. The van der Waals surface area contributed by atoms with Crippen molar-refractivity contribution in [2.45, 2.75) is 32.5 Å². The Morgan fingerprint density at radius 2 is 2.33 bits per heavy atom. The molecule has 21 heavy (non-hydrogen) atoms. The summed E-state index contributed by atoms with van der Waals surface area (Å²) < 4.78 is 5.44. The summed E-state index contributed by atoms with van der Waals surface area (Å²) in [6.45, 7) is 5.22. The summed E-state index contributed by atoms with van der Waals surface area (Å²) in [5.74, 6) is -0.0662. The largest absolute Gasteiger partial charge is 0.392 e. The van der Waals surface area contributed by atoms with E-state index in [9.17, 15) is 9.90 Å². The molecule has 0 bridgehead atoms. The Morgan fingerprint density at radius 3 is 3.00 bits per heavy atom. The second-order valence-electron chi connectivity index (χ2n) is 5.38. The molecule has 1 heterocycles. The normalized spacial score (nSPS) is 18.9. The molecule has 2 rings (SSSR count). The second kappa shape index (κ2) is 7.11. The van der Waals surface area contributed by atoms with Gasteiger partial charge in [0.25, 0.3) is 0 Å². The molecule has 1 atom stereocenters. The Hall–Kier alpha value is -1.30. The Morgan fingerprint density at radius 1 is 1.57 bits per heavy atom. The van der Waals surface area contributed by atoms with Gasteiger partial charge in [-0.3, -0.25) is 4.79 Å². The van der Waals surface area contributed by atoms with Crippen molar-refractivity contribution in [2.24, 2.45) is 0 Å². The average molecular weight is 313 g/mol. The first-order valence-corrected chi connectivity index (χ1v) is 7.44. The van der Waals surface area contributed by atoms with Crippen molar-refractivity contribution in [2.75, 3.05) is 24.7 Å². The Balaban J connectivity index is 2.28. The zero-order valence-electron chi connectivity index (χ0n) is 12.3. The minimum Gasteiger partial charge on any atom is -0.392 e. The number of anilines is 1. The fourth-order valence-electron chi connectivity index (χ4n) is 2.45. The number of hydrogen-bond donors (Lipinski definition) is 2. The third kappa shape index (κ3) is 3.87. The van der Waals surface area contributed by atoms with Gasteiger partial charge in [-0.05, 0) is 32.0 Å². The number of amides is 1. The Kier molecular flexibility index (Phi) is 5.45. The molecular formula is C15H21ClN2O3. The number of nitrogens with zero attached hydrogens (tertiary/aromatic N) is 1. The molecule has 0 radical (unpaired) electrons. The van der Waals surface area contributed by atoms with Crippen LogP contribution in [0.25, 0.3) is 0 Å². The van der Waals surface area contributed by atoms with Gasteiger partial charge in [-0.2, -0.15) is 0 Å². The third-order valence-corrected chi connectivity index (χ3v) is 3.62. The smallest absolute Gasteiger partial charge is 0.245 e. The van der Waals surface area contributed by atoms with Crippen molar-refractivity contribution < 1.29 is 14.6 Å². The van der Waals surface area contributed by atoms with Crippen LogP contribution in [0.2, 0.25) is 5.02 Å². The number of aliphatic hydroxyl groups is 1. The van der Waals surface area contributed by atoms with Crippen molar-refractivity contribution in [3.8, 4) is 0 Å². The highest BCUT2D eigenvalue weighted by Gasteiger charge is 2.31. The van der Waals surface area contributed by atoms with Crippen LogP contribution in [0, 0.1) is 0 Å². The number of carbonyl (C=O) groups excluding carboxylic acids is 1. The highest BCUT2D eigenvalue weighted by molar-refractivity contribution is 6.30. The highest BCUT2D eigenvalue weighted by atomic mass is 35.5. The van der Waals surface area contributed by atoms with E-state index in [0.29, 0.717) is 30.3 Å². The fourth-order valence-corrected chi connectivity index (χ4v) is 2.65. The van der Waals surface area contributed by atoms with E-state index in [0.717, 1.165) is 5.69 Å². The van der Waals surface area contributed by atoms with E-state index >= 15 is 0 Å². The number of aliphatic hydroxyl groups excluding tert-OH is 1. The number of carbonyl (C=O) groups is 1. The molecule has 0 spiro atoms. The summed E-state index contributed by atoms with van der Waals surface area (Å²) in [5.41, 5.74) is 1.54. The fraction of sp³-hybridized carbons (Fsp3) is 0.533. The lowest BCUT2D eigenvalue weighted by Crippen LogP contribution is -2.55. The molecule has 1 unspecified atom stereocenters. The molecule has 116 valence electrons. The molecule has 5 nitrogen and oxygen atoms in total. The van der Waals surface area contributed by atoms with E-state index in [1.165, 1.54) is 0 Å². The van der Waals surface area contributed by atoms with Crippen LogP contribution in [-0.4, -0.2) is 42.9 Å². The number of benzene rings is 1. The summed E-state index contributed by atoms with van der Waals surface area (Å²) in [7, 11) is 0. The van der Waals surface area contributed by atoms with Gasteiger partial charge in [0.1, 0.15) is 6.04 Å². The molecule has 1 aliphatic rings. The molecule has 0 saturated carbocycles. The van der Waals surface area contributed by atoms with Crippen LogP contribution in [-0.2, 0) is 16.1 Å². The maximum atomic E-state index is 12.3. The topological polar surface area (TPSA) is 61.8 Å². The summed E-state index contributed by atoms with van der Waals surface area (Å²) >= 11 is 5.97. The molecule has 0 aliphatic carbocycles.